The lowest BCUT2D eigenvalue weighted by Gasteiger charge is -2.39. The molecule has 16 heavy (non-hydrogen) atoms. The monoisotopic (exact) mass is 232 g/mol. The van der Waals surface area contributed by atoms with Crippen molar-refractivity contribution < 1.29 is 0 Å². The fraction of sp³-hybridized carbons (Fsp3) is 0.600. The van der Waals surface area contributed by atoms with Crippen LogP contribution in [0.15, 0.2) is 30.3 Å². The van der Waals surface area contributed by atoms with E-state index >= 15 is 0 Å². The summed E-state index contributed by atoms with van der Waals surface area (Å²) < 4.78 is 0. The highest BCUT2D eigenvalue weighted by atomic mass is 32.2. The summed E-state index contributed by atoms with van der Waals surface area (Å²) in [6.07, 6.45) is 7.39. The van der Waals surface area contributed by atoms with Gasteiger partial charge in [-0.05, 0) is 36.0 Å². The summed E-state index contributed by atoms with van der Waals surface area (Å²) in [4.78, 5) is 0. The Kier molecular flexibility index (Phi) is 3.23. The number of thioether (sulfide) groups is 1. The van der Waals surface area contributed by atoms with E-state index in [1.807, 2.05) is 0 Å². The van der Waals surface area contributed by atoms with Crippen LogP contribution in [0, 0.1) is 11.8 Å². The Morgan fingerprint density at radius 3 is 2.50 bits per heavy atom. The van der Waals surface area contributed by atoms with Crippen LogP contribution in [0.5, 0.6) is 0 Å². The molecule has 3 atom stereocenters. The van der Waals surface area contributed by atoms with Gasteiger partial charge in [0.05, 0.1) is 0 Å². The third-order valence-electron chi connectivity index (χ3n) is 4.27. The molecule has 3 rings (SSSR count). The van der Waals surface area contributed by atoms with Gasteiger partial charge in [-0.25, -0.2) is 0 Å². The van der Waals surface area contributed by atoms with E-state index in [4.69, 9.17) is 0 Å². The molecule has 0 nitrogen and oxygen atoms in total. The standard InChI is InChI=1S/C15H20S/c1-2-6-12(7-3-1)15-10-13-8-4-5-9-14(13)11-16-15/h1-3,6-7,13-15H,4-5,8-11H2/t13-,14-,15+/m1/s1. The van der Waals surface area contributed by atoms with Crippen LogP contribution < -0.4 is 0 Å². The lowest BCUT2D eigenvalue weighted by Crippen LogP contribution is -2.27. The summed E-state index contributed by atoms with van der Waals surface area (Å²) in [7, 11) is 0. The molecular weight excluding hydrogens is 212 g/mol. The topological polar surface area (TPSA) is 0 Å². The highest BCUT2D eigenvalue weighted by Crippen LogP contribution is 2.48. The van der Waals surface area contributed by atoms with Crippen LogP contribution >= 0.6 is 11.8 Å². The Morgan fingerprint density at radius 1 is 0.938 bits per heavy atom. The zero-order chi connectivity index (χ0) is 10.8. The van der Waals surface area contributed by atoms with E-state index < -0.39 is 0 Å². The van der Waals surface area contributed by atoms with E-state index in [9.17, 15) is 0 Å². The average Bonchev–Trinajstić information content (AvgIpc) is 2.39. The minimum Gasteiger partial charge on any atom is -0.153 e. The molecule has 2 fully saturated rings. The first-order valence-corrected chi connectivity index (χ1v) is 7.65. The second-order valence-electron chi connectivity index (χ2n) is 5.27. The van der Waals surface area contributed by atoms with Crippen LogP contribution in [0.2, 0.25) is 0 Å². The van der Waals surface area contributed by atoms with Crippen molar-refractivity contribution in [1.82, 2.24) is 0 Å². The summed E-state index contributed by atoms with van der Waals surface area (Å²) >= 11 is 2.20. The molecule has 0 radical (unpaired) electrons. The van der Waals surface area contributed by atoms with Gasteiger partial charge in [0, 0.05) is 5.25 Å². The fourth-order valence-corrected chi connectivity index (χ4v) is 4.95. The molecule has 1 aromatic rings. The van der Waals surface area contributed by atoms with Crippen molar-refractivity contribution >= 4 is 11.8 Å². The van der Waals surface area contributed by atoms with Gasteiger partial charge < -0.3 is 0 Å². The van der Waals surface area contributed by atoms with Crippen molar-refractivity contribution in [1.29, 1.82) is 0 Å². The van der Waals surface area contributed by atoms with Gasteiger partial charge in [-0.15, -0.1) is 0 Å². The minimum atomic E-state index is 0.778. The van der Waals surface area contributed by atoms with E-state index in [1.54, 1.807) is 5.56 Å². The molecule has 1 saturated heterocycles. The first-order valence-electron chi connectivity index (χ1n) is 6.60. The fourth-order valence-electron chi connectivity index (χ4n) is 3.30. The zero-order valence-corrected chi connectivity index (χ0v) is 10.6. The number of rotatable bonds is 1. The van der Waals surface area contributed by atoms with E-state index in [0.29, 0.717) is 0 Å². The minimum absolute atomic E-state index is 0.778. The van der Waals surface area contributed by atoms with Crippen molar-refractivity contribution in [3.05, 3.63) is 35.9 Å². The molecule has 1 saturated carbocycles. The first kappa shape index (κ1) is 10.7. The van der Waals surface area contributed by atoms with Crippen molar-refractivity contribution in [2.24, 2.45) is 11.8 Å². The Labute approximate surface area is 103 Å². The molecule has 0 bridgehead atoms. The molecule has 0 unspecified atom stereocenters. The predicted octanol–water partition coefficient (Wildman–Crippen LogP) is 4.67. The third-order valence-corrected chi connectivity index (χ3v) is 5.75. The van der Waals surface area contributed by atoms with Crippen molar-refractivity contribution in [2.45, 2.75) is 37.4 Å². The van der Waals surface area contributed by atoms with Crippen molar-refractivity contribution in [2.75, 3.05) is 5.75 Å². The van der Waals surface area contributed by atoms with Gasteiger partial charge in [0.15, 0.2) is 0 Å². The molecule has 0 aromatic heterocycles. The van der Waals surface area contributed by atoms with Gasteiger partial charge in [0.1, 0.15) is 0 Å². The Hall–Kier alpha value is -0.430. The lowest BCUT2D eigenvalue weighted by atomic mass is 9.77. The summed E-state index contributed by atoms with van der Waals surface area (Å²) in [5.74, 6) is 3.48. The van der Waals surface area contributed by atoms with Crippen molar-refractivity contribution in [3.63, 3.8) is 0 Å². The molecule has 1 heteroatoms. The molecule has 1 aliphatic carbocycles. The summed E-state index contributed by atoms with van der Waals surface area (Å²) in [6.45, 7) is 0. The molecular formula is C15H20S. The van der Waals surface area contributed by atoms with Gasteiger partial charge >= 0.3 is 0 Å². The van der Waals surface area contributed by atoms with Gasteiger partial charge in [-0.1, -0.05) is 49.6 Å². The third kappa shape index (κ3) is 2.15. The van der Waals surface area contributed by atoms with E-state index in [-0.39, 0.29) is 0 Å². The largest absolute Gasteiger partial charge is 0.153 e. The molecule has 1 aromatic carbocycles. The molecule has 86 valence electrons. The zero-order valence-electron chi connectivity index (χ0n) is 9.77. The molecule has 0 N–H and O–H groups in total. The average molecular weight is 232 g/mol. The Morgan fingerprint density at radius 2 is 1.69 bits per heavy atom. The molecule has 0 amide bonds. The summed E-state index contributed by atoms with van der Waals surface area (Å²) in [5.41, 5.74) is 1.55. The number of fused-ring (bicyclic) bond motifs is 1. The van der Waals surface area contributed by atoms with Crippen LogP contribution in [-0.4, -0.2) is 5.75 Å². The van der Waals surface area contributed by atoms with Crippen LogP contribution in [0.25, 0.3) is 0 Å². The van der Waals surface area contributed by atoms with Gasteiger partial charge in [0.25, 0.3) is 0 Å². The van der Waals surface area contributed by atoms with E-state index in [0.717, 1.165) is 17.1 Å². The predicted molar refractivity (Wildman–Crippen MR) is 71.7 cm³/mol. The molecule has 1 heterocycles. The highest BCUT2D eigenvalue weighted by molar-refractivity contribution is 7.99. The maximum absolute atomic E-state index is 2.31. The maximum atomic E-state index is 2.31. The summed E-state index contributed by atoms with van der Waals surface area (Å²) in [6, 6.07) is 11.1. The number of hydrogen-bond donors (Lipinski definition) is 0. The number of benzene rings is 1. The van der Waals surface area contributed by atoms with Crippen molar-refractivity contribution in [3.8, 4) is 0 Å². The quantitative estimate of drug-likeness (QED) is 0.678. The maximum Gasteiger partial charge on any atom is 0.0300 e. The molecule has 0 spiro atoms. The van der Waals surface area contributed by atoms with E-state index in [2.05, 4.69) is 42.1 Å². The SMILES string of the molecule is c1ccc([C@@H]2C[C@H]3CCCC[C@@H]3CS2)cc1. The van der Waals surface area contributed by atoms with Crippen LogP contribution in [0.1, 0.15) is 42.9 Å². The lowest BCUT2D eigenvalue weighted by molar-refractivity contribution is 0.237. The molecule has 2 aliphatic rings. The second kappa shape index (κ2) is 4.83. The number of hydrogen-bond acceptors (Lipinski definition) is 1. The Balaban J connectivity index is 1.71. The smallest absolute Gasteiger partial charge is 0.0300 e. The highest BCUT2D eigenvalue weighted by Gasteiger charge is 2.32. The normalized spacial score (nSPS) is 34.4. The van der Waals surface area contributed by atoms with Gasteiger partial charge in [-0.3, -0.25) is 0 Å². The molecule has 1 aliphatic heterocycles. The summed E-state index contributed by atoms with van der Waals surface area (Å²) in [5, 5.41) is 0.778. The van der Waals surface area contributed by atoms with Crippen LogP contribution in [0.4, 0.5) is 0 Å². The van der Waals surface area contributed by atoms with Gasteiger partial charge in [-0.2, -0.15) is 11.8 Å². The van der Waals surface area contributed by atoms with Gasteiger partial charge in [0.2, 0.25) is 0 Å². The second-order valence-corrected chi connectivity index (χ2v) is 6.51. The first-order chi connectivity index (χ1) is 7.93. The Bertz CT molecular complexity index is 333. The van der Waals surface area contributed by atoms with Crippen LogP contribution in [0.3, 0.4) is 0 Å². The van der Waals surface area contributed by atoms with Crippen LogP contribution in [-0.2, 0) is 0 Å². The van der Waals surface area contributed by atoms with E-state index in [1.165, 1.54) is 37.9 Å².